The van der Waals surface area contributed by atoms with Crippen molar-refractivity contribution < 1.29 is 4.74 Å². The maximum absolute atomic E-state index is 5.94. The largest absolute Gasteiger partial charge is 0.497 e. The van der Waals surface area contributed by atoms with Crippen LogP contribution in [0.3, 0.4) is 0 Å². The van der Waals surface area contributed by atoms with E-state index in [4.69, 9.17) is 10.5 Å². The summed E-state index contributed by atoms with van der Waals surface area (Å²) in [4.78, 5) is 8.93. The van der Waals surface area contributed by atoms with Gasteiger partial charge in [0.05, 0.1) is 18.1 Å². The summed E-state index contributed by atoms with van der Waals surface area (Å²) in [6.07, 6.45) is 0. The molecule has 7 heteroatoms. The highest BCUT2D eigenvalue weighted by Crippen LogP contribution is 2.16. The van der Waals surface area contributed by atoms with E-state index in [0.717, 1.165) is 28.3 Å². The molecule has 126 valence electrons. The van der Waals surface area contributed by atoms with Crippen molar-refractivity contribution >= 4 is 46.7 Å². The molecule has 0 spiro atoms. The number of aromatic nitrogens is 2. The molecular weight excluding hydrogens is 417 g/mol. The summed E-state index contributed by atoms with van der Waals surface area (Å²) < 4.78 is 7.15. The minimum atomic E-state index is 0. The maximum atomic E-state index is 5.94. The third-order valence-corrected chi connectivity index (χ3v) is 3.63. The molecule has 24 heavy (non-hydrogen) atoms. The molecule has 6 nitrogen and oxygen atoms in total. The smallest absolute Gasteiger partial charge is 0.193 e. The van der Waals surface area contributed by atoms with E-state index in [2.05, 4.69) is 15.3 Å². The van der Waals surface area contributed by atoms with E-state index < -0.39 is 0 Å². The lowest BCUT2D eigenvalue weighted by atomic mass is 10.3. The van der Waals surface area contributed by atoms with Gasteiger partial charge >= 0.3 is 0 Å². The number of benzene rings is 2. The normalized spacial score (nSPS) is 11.2. The van der Waals surface area contributed by atoms with E-state index in [1.54, 1.807) is 7.11 Å². The Morgan fingerprint density at radius 2 is 1.92 bits per heavy atom. The van der Waals surface area contributed by atoms with Crippen LogP contribution in [0.25, 0.3) is 11.0 Å². The number of hydrogen-bond donors (Lipinski definition) is 2. The Morgan fingerprint density at radius 3 is 2.58 bits per heavy atom. The van der Waals surface area contributed by atoms with E-state index in [-0.39, 0.29) is 24.0 Å². The van der Waals surface area contributed by atoms with Crippen LogP contribution in [0.2, 0.25) is 0 Å². The van der Waals surface area contributed by atoms with Crippen molar-refractivity contribution in [2.45, 2.75) is 6.54 Å². The number of imidazole rings is 1. The van der Waals surface area contributed by atoms with Crippen molar-refractivity contribution in [1.29, 1.82) is 0 Å². The van der Waals surface area contributed by atoms with Crippen molar-refractivity contribution in [1.82, 2.24) is 9.55 Å². The lowest BCUT2D eigenvalue weighted by Crippen LogP contribution is -2.22. The molecule has 0 aliphatic rings. The maximum Gasteiger partial charge on any atom is 0.193 e. The predicted molar refractivity (Wildman–Crippen MR) is 108 cm³/mol. The number of anilines is 1. The minimum absolute atomic E-state index is 0. The quantitative estimate of drug-likeness (QED) is 0.374. The number of nitrogens with zero attached hydrogens (tertiary/aromatic N) is 3. The third-order valence-electron chi connectivity index (χ3n) is 3.63. The highest BCUT2D eigenvalue weighted by molar-refractivity contribution is 14.0. The fraction of sp³-hybridized carbons (Fsp3) is 0.176. The van der Waals surface area contributed by atoms with Gasteiger partial charge in [0, 0.05) is 12.7 Å². The van der Waals surface area contributed by atoms with Gasteiger partial charge in [-0.1, -0.05) is 12.1 Å². The van der Waals surface area contributed by atoms with Crippen molar-refractivity contribution in [2.75, 3.05) is 12.4 Å². The summed E-state index contributed by atoms with van der Waals surface area (Å²) >= 11 is 0. The first-order chi connectivity index (χ1) is 11.2. The average molecular weight is 437 g/mol. The van der Waals surface area contributed by atoms with Crippen molar-refractivity contribution in [3.63, 3.8) is 0 Å². The molecule has 3 aromatic rings. The van der Waals surface area contributed by atoms with Crippen molar-refractivity contribution in [2.24, 2.45) is 17.8 Å². The highest BCUT2D eigenvalue weighted by Gasteiger charge is 2.06. The second-order valence-corrected chi connectivity index (χ2v) is 5.13. The van der Waals surface area contributed by atoms with Crippen LogP contribution in [0.1, 0.15) is 5.82 Å². The van der Waals surface area contributed by atoms with Gasteiger partial charge in [0.2, 0.25) is 0 Å². The zero-order valence-electron chi connectivity index (χ0n) is 13.6. The van der Waals surface area contributed by atoms with E-state index >= 15 is 0 Å². The topological polar surface area (TPSA) is 77.5 Å². The van der Waals surface area contributed by atoms with Crippen molar-refractivity contribution in [3.05, 3.63) is 54.4 Å². The highest BCUT2D eigenvalue weighted by atomic mass is 127. The number of aryl methyl sites for hydroxylation is 1. The number of nitrogens with two attached hydrogens (primary N) is 1. The van der Waals surface area contributed by atoms with Gasteiger partial charge < -0.3 is 20.4 Å². The molecule has 3 rings (SSSR count). The number of para-hydroxylation sites is 2. The molecule has 0 unspecified atom stereocenters. The van der Waals surface area contributed by atoms with Gasteiger partial charge in [-0.25, -0.2) is 9.98 Å². The Kier molecular flexibility index (Phi) is 6.02. The molecule has 0 fully saturated rings. The third kappa shape index (κ3) is 3.97. The first-order valence-electron chi connectivity index (χ1n) is 7.28. The summed E-state index contributed by atoms with van der Waals surface area (Å²) in [5.74, 6) is 2.01. The van der Waals surface area contributed by atoms with Crippen LogP contribution < -0.4 is 15.8 Å². The van der Waals surface area contributed by atoms with Gasteiger partial charge in [0.25, 0.3) is 0 Å². The number of aliphatic imine (C=N–C) groups is 1. The molecule has 0 amide bonds. The molecule has 0 bridgehead atoms. The van der Waals surface area contributed by atoms with Gasteiger partial charge in [0.15, 0.2) is 5.96 Å². The van der Waals surface area contributed by atoms with Crippen LogP contribution in [-0.2, 0) is 13.6 Å². The summed E-state index contributed by atoms with van der Waals surface area (Å²) in [6, 6.07) is 15.5. The molecule has 2 aromatic carbocycles. The Hall–Kier alpha value is -2.29. The van der Waals surface area contributed by atoms with Gasteiger partial charge in [-0.05, 0) is 36.4 Å². The van der Waals surface area contributed by atoms with Crippen LogP contribution in [0.5, 0.6) is 5.75 Å². The number of hydrogen-bond acceptors (Lipinski definition) is 3. The molecule has 0 aliphatic carbocycles. The molecule has 3 N–H and O–H groups in total. The summed E-state index contributed by atoms with van der Waals surface area (Å²) in [7, 11) is 3.61. The molecule has 0 atom stereocenters. The molecule has 1 aromatic heterocycles. The lowest BCUT2D eigenvalue weighted by molar-refractivity contribution is 0.415. The number of fused-ring (bicyclic) bond motifs is 1. The van der Waals surface area contributed by atoms with E-state index in [1.807, 2.05) is 60.1 Å². The number of guanidine groups is 1. The van der Waals surface area contributed by atoms with E-state index in [9.17, 15) is 0 Å². The Balaban J connectivity index is 0.00000208. The van der Waals surface area contributed by atoms with E-state index in [1.165, 1.54) is 0 Å². The SMILES string of the molecule is COc1ccc(NC(N)=NCc2nc3ccccc3n2C)cc1.I. The van der Waals surface area contributed by atoms with Gasteiger partial charge in [-0.2, -0.15) is 0 Å². The standard InChI is InChI=1S/C17H19N5O.HI/c1-22-15-6-4-3-5-14(15)21-16(22)11-19-17(18)20-12-7-9-13(23-2)10-8-12;/h3-10H,11H2,1-2H3,(H3,18,19,20);1H. The first kappa shape index (κ1) is 18.1. The Morgan fingerprint density at radius 1 is 1.21 bits per heavy atom. The van der Waals surface area contributed by atoms with Gasteiger partial charge in [-0.3, -0.25) is 0 Å². The zero-order valence-corrected chi connectivity index (χ0v) is 15.9. The van der Waals surface area contributed by atoms with Crippen LogP contribution in [0.15, 0.2) is 53.5 Å². The minimum Gasteiger partial charge on any atom is -0.497 e. The first-order valence-corrected chi connectivity index (χ1v) is 7.28. The van der Waals surface area contributed by atoms with Gasteiger partial charge in [-0.15, -0.1) is 24.0 Å². The molecule has 0 radical (unpaired) electrons. The van der Waals surface area contributed by atoms with Crippen LogP contribution >= 0.6 is 24.0 Å². The molecule has 0 saturated carbocycles. The molecule has 1 heterocycles. The monoisotopic (exact) mass is 437 g/mol. The second kappa shape index (κ2) is 8.00. The van der Waals surface area contributed by atoms with Gasteiger partial charge in [0.1, 0.15) is 18.1 Å². The predicted octanol–water partition coefficient (Wildman–Crippen LogP) is 3.13. The number of methoxy groups -OCH3 is 1. The lowest BCUT2D eigenvalue weighted by Gasteiger charge is -2.06. The number of rotatable bonds is 4. The molecule has 0 saturated heterocycles. The zero-order chi connectivity index (χ0) is 16.2. The fourth-order valence-electron chi connectivity index (χ4n) is 2.35. The summed E-state index contributed by atoms with van der Waals surface area (Å²) in [5.41, 5.74) is 8.84. The van der Waals surface area contributed by atoms with Crippen LogP contribution in [0.4, 0.5) is 5.69 Å². The molecule has 0 aliphatic heterocycles. The number of nitrogens with one attached hydrogen (secondary N) is 1. The Labute approximate surface area is 157 Å². The summed E-state index contributed by atoms with van der Waals surface area (Å²) in [6.45, 7) is 0.417. The fourth-order valence-corrected chi connectivity index (χ4v) is 2.35. The average Bonchev–Trinajstić information content (AvgIpc) is 2.90. The van der Waals surface area contributed by atoms with Crippen LogP contribution in [0, 0.1) is 0 Å². The van der Waals surface area contributed by atoms with Crippen molar-refractivity contribution in [3.8, 4) is 5.75 Å². The second-order valence-electron chi connectivity index (χ2n) is 5.13. The van der Waals surface area contributed by atoms with Crippen LogP contribution in [-0.4, -0.2) is 22.6 Å². The summed E-state index contributed by atoms with van der Waals surface area (Å²) in [5, 5.41) is 3.05. The number of halogens is 1. The Bertz CT molecular complexity index is 842. The van der Waals surface area contributed by atoms with E-state index in [0.29, 0.717) is 12.5 Å². The number of ether oxygens (including phenoxy) is 1. The molecular formula is C17H20IN5O.